The molecule has 1 heterocycles. The molecule has 0 aliphatic carbocycles. The third kappa shape index (κ3) is 11.3. The number of carbonyl (C=O) groups is 1. The van der Waals surface area contributed by atoms with Crippen LogP contribution in [-0.4, -0.2) is 11.1 Å². The van der Waals surface area contributed by atoms with E-state index in [-0.39, 0.29) is 17.5 Å². The second-order valence-corrected chi connectivity index (χ2v) is 8.29. The molecule has 0 bridgehead atoms. The van der Waals surface area contributed by atoms with Gasteiger partial charge in [-0.15, -0.1) is 0 Å². The molecule has 0 spiro atoms. The summed E-state index contributed by atoms with van der Waals surface area (Å²) in [5.74, 6) is 0.801. The second-order valence-electron chi connectivity index (χ2n) is 8.29. The average molecular weight is 409 g/mol. The monoisotopic (exact) mass is 408 g/mol. The minimum atomic E-state index is -0.287. The van der Waals surface area contributed by atoms with Gasteiger partial charge in [-0.05, 0) is 13.3 Å². The van der Waals surface area contributed by atoms with Crippen molar-refractivity contribution in [2.75, 3.05) is 0 Å². The Labute approximate surface area is 178 Å². The topological polar surface area (TPSA) is 59.7 Å². The van der Waals surface area contributed by atoms with E-state index < -0.39 is 0 Å². The summed E-state index contributed by atoms with van der Waals surface area (Å²) in [7, 11) is 0. The van der Waals surface area contributed by atoms with Crippen molar-refractivity contribution < 1.29 is 19.1 Å². The Morgan fingerprint density at radius 2 is 1.24 bits per heavy atom. The van der Waals surface area contributed by atoms with Crippen LogP contribution in [0.1, 0.15) is 128 Å². The largest absolute Gasteiger partial charge is 0.502 e. The molecule has 0 atom stereocenters. The summed E-state index contributed by atoms with van der Waals surface area (Å²) >= 11 is 0. The Hall–Kier alpha value is -1.45. The fourth-order valence-electron chi connectivity index (χ4n) is 3.71. The van der Waals surface area contributed by atoms with Crippen molar-refractivity contribution in [2.45, 2.75) is 130 Å². The average Bonchev–Trinajstić information content (AvgIpc) is 2.98. The summed E-state index contributed by atoms with van der Waals surface area (Å²) in [5.41, 5.74) is 0. The summed E-state index contributed by atoms with van der Waals surface area (Å²) < 4.78 is 10.7. The lowest BCUT2D eigenvalue weighted by Gasteiger charge is -2.05. The Kier molecular flexibility index (Phi) is 14.4. The van der Waals surface area contributed by atoms with Crippen LogP contribution in [0.15, 0.2) is 4.42 Å². The van der Waals surface area contributed by atoms with Crippen LogP contribution in [0.3, 0.4) is 0 Å². The van der Waals surface area contributed by atoms with Crippen LogP contribution >= 0.6 is 0 Å². The lowest BCUT2D eigenvalue weighted by molar-refractivity contribution is -0.134. The highest BCUT2D eigenvalue weighted by Gasteiger charge is 2.20. The summed E-state index contributed by atoms with van der Waals surface area (Å²) in [6.45, 7) is 5.84. The predicted octanol–water partition coefficient (Wildman–Crippen LogP) is 8.02. The molecule has 29 heavy (non-hydrogen) atoms. The normalized spacial score (nSPS) is 11.1. The van der Waals surface area contributed by atoms with Gasteiger partial charge >= 0.3 is 5.97 Å². The first-order valence-corrected chi connectivity index (χ1v) is 12.1. The van der Waals surface area contributed by atoms with Gasteiger partial charge in [0.2, 0.25) is 11.5 Å². The van der Waals surface area contributed by atoms with Crippen LogP contribution in [0, 0.1) is 6.92 Å². The molecule has 0 aliphatic rings. The highest BCUT2D eigenvalue weighted by Crippen LogP contribution is 2.37. The smallest absolute Gasteiger partial charge is 0.311 e. The second kappa shape index (κ2) is 16.4. The molecule has 0 unspecified atom stereocenters. The number of esters is 1. The van der Waals surface area contributed by atoms with Gasteiger partial charge in [0.25, 0.3) is 0 Å². The SMILES string of the molecule is CCCCCCCCCCCCCCCCCC(=O)Oc1c(CC)oc(C)c1O. The molecule has 0 amide bonds. The van der Waals surface area contributed by atoms with E-state index in [0.717, 1.165) is 12.8 Å². The number of rotatable bonds is 18. The molecule has 4 heteroatoms. The van der Waals surface area contributed by atoms with Gasteiger partial charge in [-0.1, -0.05) is 104 Å². The lowest BCUT2D eigenvalue weighted by Crippen LogP contribution is -2.08. The number of unbranched alkanes of at least 4 members (excludes halogenated alkanes) is 14. The summed E-state index contributed by atoms with van der Waals surface area (Å²) in [5, 5.41) is 9.93. The third-order valence-electron chi connectivity index (χ3n) is 5.60. The van der Waals surface area contributed by atoms with Gasteiger partial charge in [0.15, 0.2) is 5.76 Å². The maximum atomic E-state index is 12.0. The Morgan fingerprint density at radius 3 is 1.69 bits per heavy atom. The number of hydrogen-bond donors (Lipinski definition) is 1. The summed E-state index contributed by atoms with van der Waals surface area (Å²) in [6, 6.07) is 0. The zero-order chi connectivity index (χ0) is 21.3. The van der Waals surface area contributed by atoms with Crippen LogP contribution in [0.5, 0.6) is 11.5 Å². The highest BCUT2D eigenvalue weighted by molar-refractivity contribution is 5.73. The Morgan fingerprint density at radius 1 is 0.793 bits per heavy atom. The number of aryl methyl sites for hydroxylation is 2. The van der Waals surface area contributed by atoms with E-state index in [0.29, 0.717) is 24.4 Å². The number of hydrogen-bond acceptors (Lipinski definition) is 4. The van der Waals surface area contributed by atoms with Crippen molar-refractivity contribution in [3.8, 4) is 11.5 Å². The van der Waals surface area contributed by atoms with Crippen LogP contribution in [0.4, 0.5) is 0 Å². The zero-order valence-corrected chi connectivity index (χ0v) is 19.2. The van der Waals surface area contributed by atoms with Crippen LogP contribution < -0.4 is 4.74 Å². The molecule has 0 aliphatic heterocycles. The van der Waals surface area contributed by atoms with E-state index in [4.69, 9.17) is 9.15 Å². The Bertz CT molecular complexity index is 547. The number of carbonyl (C=O) groups excluding carboxylic acids is 1. The van der Waals surface area contributed by atoms with Crippen molar-refractivity contribution >= 4 is 5.97 Å². The van der Waals surface area contributed by atoms with Crippen molar-refractivity contribution in [3.63, 3.8) is 0 Å². The molecule has 1 N–H and O–H groups in total. The van der Waals surface area contributed by atoms with E-state index in [9.17, 15) is 9.90 Å². The third-order valence-corrected chi connectivity index (χ3v) is 5.60. The quantitative estimate of drug-likeness (QED) is 0.197. The Balaban J connectivity index is 1.93. The van der Waals surface area contributed by atoms with Gasteiger partial charge in [-0.2, -0.15) is 0 Å². The van der Waals surface area contributed by atoms with Crippen LogP contribution in [0.2, 0.25) is 0 Å². The molecule has 0 fully saturated rings. The van der Waals surface area contributed by atoms with Gasteiger partial charge in [-0.3, -0.25) is 4.79 Å². The van der Waals surface area contributed by atoms with Crippen molar-refractivity contribution in [1.82, 2.24) is 0 Å². The van der Waals surface area contributed by atoms with Gasteiger partial charge in [0.1, 0.15) is 5.76 Å². The number of ether oxygens (including phenoxy) is 1. The van der Waals surface area contributed by atoms with E-state index in [1.165, 1.54) is 83.5 Å². The number of aromatic hydroxyl groups is 1. The van der Waals surface area contributed by atoms with Crippen molar-refractivity contribution in [1.29, 1.82) is 0 Å². The number of furan rings is 1. The predicted molar refractivity (Wildman–Crippen MR) is 120 cm³/mol. The van der Waals surface area contributed by atoms with Gasteiger partial charge in [0, 0.05) is 12.8 Å². The maximum absolute atomic E-state index is 12.0. The fourth-order valence-corrected chi connectivity index (χ4v) is 3.71. The standard InChI is InChI=1S/C25H44O4/c1-4-6-7-8-9-10-11-12-13-14-15-16-17-18-19-20-23(26)29-25-22(5-2)28-21(3)24(25)27/h27H,4-20H2,1-3H3. The molecule has 1 rings (SSSR count). The van der Waals surface area contributed by atoms with Gasteiger partial charge in [0.05, 0.1) is 0 Å². The molecular formula is C25H44O4. The summed E-state index contributed by atoms with van der Waals surface area (Å²) in [6.07, 6.45) is 20.5. The van der Waals surface area contributed by atoms with Gasteiger partial charge < -0.3 is 14.3 Å². The van der Waals surface area contributed by atoms with Crippen LogP contribution in [-0.2, 0) is 11.2 Å². The molecule has 0 saturated heterocycles. The molecular weight excluding hydrogens is 364 g/mol. The molecule has 4 nitrogen and oxygen atoms in total. The minimum absolute atomic E-state index is 0.0494. The fraction of sp³-hybridized carbons (Fsp3) is 0.800. The van der Waals surface area contributed by atoms with E-state index >= 15 is 0 Å². The van der Waals surface area contributed by atoms with Crippen molar-refractivity contribution in [2.24, 2.45) is 0 Å². The van der Waals surface area contributed by atoms with Gasteiger partial charge in [-0.25, -0.2) is 0 Å². The first-order chi connectivity index (χ1) is 14.1. The molecule has 0 radical (unpaired) electrons. The maximum Gasteiger partial charge on any atom is 0.311 e. The molecule has 1 aromatic heterocycles. The van der Waals surface area contributed by atoms with Crippen molar-refractivity contribution in [3.05, 3.63) is 11.5 Å². The van der Waals surface area contributed by atoms with E-state index in [2.05, 4.69) is 6.92 Å². The van der Waals surface area contributed by atoms with E-state index in [1.54, 1.807) is 6.92 Å². The molecule has 1 aromatic rings. The molecule has 0 aromatic carbocycles. The minimum Gasteiger partial charge on any atom is -0.502 e. The highest BCUT2D eigenvalue weighted by atomic mass is 16.6. The molecule has 168 valence electrons. The first kappa shape index (κ1) is 25.6. The lowest BCUT2D eigenvalue weighted by atomic mass is 10.0. The van der Waals surface area contributed by atoms with Crippen LogP contribution in [0.25, 0.3) is 0 Å². The zero-order valence-electron chi connectivity index (χ0n) is 19.2. The molecule has 0 saturated carbocycles. The van der Waals surface area contributed by atoms with E-state index in [1.807, 2.05) is 6.92 Å². The first-order valence-electron chi connectivity index (χ1n) is 12.1. The summed E-state index contributed by atoms with van der Waals surface area (Å²) in [4.78, 5) is 12.0.